The zero-order chi connectivity index (χ0) is 22.5. The first kappa shape index (κ1) is 26.1. The normalized spacial score (nSPS) is 18.7. The predicted octanol–water partition coefficient (Wildman–Crippen LogP) is 5.33. The fourth-order valence-electron chi connectivity index (χ4n) is 3.56. The van der Waals surface area contributed by atoms with E-state index in [9.17, 15) is 9.18 Å². The van der Waals surface area contributed by atoms with Crippen molar-refractivity contribution < 1.29 is 13.9 Å². The Balaban J connectivity index is 0.000000424. The van der Waals surface area contributed by atoms with Crippen molar-refractivity contribution in [3.63, 3.8) is 0 Å². The van der Waals surface area contributed by atoms with Crippen LogP contribution in [0.2, 0.25) is 0 Å². The van der Waals surface area contributed by atoms with Crippen LogP contribution in [0.25, 0.3) is 0 Å². The maximum atomic E-state index is 12.2. The van der Waals surface area contributed by atoms with Crippen LogP contribution in [0, 0.1) is 12.8 Å². The number of nitrogens with one attached hydrogen (secondary N) is 1. The number of carbonyl (C=O) groups is 1. The molecule has 0 bridgehead atoms. The summed E-state index contributed by atoms with van der Waals surface area (Å²) in [6.45, 7) is 12.2. The third-order valence-electron chi connectivity index (χ3n) is 5.32. The lowest BCUT2D eigenvalue weighted by molar-refractivity contribution is -0.109. The van der Waals surface area contributed by atoms with Crippen LogP contribution in [0.3, 0.4) is 0 Å². The number of piperidine rings is 1. The number of rotatable bonds is 8. The standard InChI is InChI=1S/C17H26N2O2.C7H10FP/c1-13-9-16(21-3)6-7-17(13)14(2)19-8-4-5-15(11-19)10-18-12-20;1-3-4-5-7(9)6(2)8/h6-7,9,12,14-15H,4-5,8,10-11H2,1-3H3,(H,18,20);3-5H,1,9H2,2H3/b;5-4-,7-6-. The van der Waals surface area contributed by atoms with Crippen LogP contribution in [0.5, 0.6) is 5.75 Å². The molecule has 1 amide bonds. The second kappa shape index (κ2) is 14.1. The summed E-state index contributed by atoms with van der Waals surface area (Å²) >= 11 is 0. The zero-order valence-corrected chi connectivity index (χ0v) is 19.8. The Hall–Kier alpha value is -1.97. The summed E-state index contributed by atoms with van der Waals surface area (Å²) in [6.07, 6.45) is 8.14. The Bertz CT molecular complexity index is 745. The van der Waals surface area contributed by atoms with E-state index >= 15 is 0 Å². The van der Waals surface area contributed by atoms with Gasteiger partial charge in [0.15, 0.2) is 0 Å². The minimum atomic E-state index is -0.182. The molecule has 3 unspecified atom stereocenters. The second-order valence-corrected chi connectivity index (χ2v) is 8.13. The molecule has 1 fully saturated rings. The van der Waals surface area contributed by atoms with E-state index < -0.39 is 0 Å². The monoisotopic (exact) mass is 434 g/mol. The number of allylic oxidation sites excluding steroid dienone is 5. The van der Waals surface area contributed by atoms with Crippen molar-refractivity contribution >= 4 is 15.6 Å². The van der Waals surface area contributed by atoms with Crippen molar-refractivity contribution in [2.75, 3.05) is 26.7 Å². The molecule has 0 aromatic heterocycles. The first-order chi connectivity index (χ1) is 14.3. The molecular formula is C24H36FN2O2P. The minimum Gasteiger partial charge on any atom is -0.497 e. The largest absolute Gasteiger partial charge is 0.497 e. The maximum Gasteiger partial charge on any atom is 0.207 e. The molecule has 0 radical (unpaired) electrons. The molecule has 0 spiro atoms. The van der Waals surface area contributed by atoms with Gasteiger partial charge in [0.05, 0.1) is 7.11 Å². The van der Waals surface area contributed by atoms with Crippen molar-refractivity contribution in [2.45, 2.75) is 39.7 Å². The van der Waals surface area contributed by atoms with Gasteiger partial charge in [-0.2, -0.15) is 0 Å². The van der Waals surface area contributed by atoms with Gasteiger partial charge in [0.25, 0.3) is 0 Å². The maximum absolute atomic E-state index is 12.2. The Kier molecular flexibility index (Phi) is 12.3. The lowest BCUT2D eigenvalue weighted by Crippen LogP contribution is -2.40. The number of likely N-dealkylation sites (tertiary alicyclic amines) is 1. The molecule has 1 aromatic rings. The number of methoxy groups -OCH3 is 1. The van der Waals surface area contributed by atoms with Crippen molar-refractivity contribution in [3.05, 3.63) is 65.3 Å². The summed E-state index contributed by atoms with van der Waals surface area (Å²) in [5.41, 5.74) is 2.63. The van der Waals surface area contributed by atoms with Crippen LogP contribution in [0.1, 0.15) is 43.9 Å². The van der Waals surface area contributed by atoms with E-state index in [2.05, 4.69) is 52.0 Å². The Morgan fingerprint density at radius 2 is 2.23 bits per heavy atom. The van der Waals surface area contributed by atoms with Gasteiger partial charge in [-0.15, -0.1) is 9.24 Å². The molecule has 1 aromatic carbocycles. The number of nitrogens with zero attached hydrogens (tertiary/aromatic N) is 1. The van der Waals surface area contributed by atoms with Gasteiger partial charge in [-0.05, 0) is 69.3 Å². The highest BCUT2D eigenvalue weighted by Crippen LogP contribution is 2.30. The lowest BCUT2D eigenvalue weighted by Gasteiger charge is -2.37. The second-order valence-electron chi connectivity index (χ2n) is 7.51. The molecule has 30 heavy (non-hydrogen) atoms. The highest BCUT2D eigenvalue weighted by Gasteiger charge is 2.25. The molecule has 1 heterocycles. The van der Waals surface area contributed by atoms with Gasteiger partial charge in [-0.3, -0.25) is 9.69 Å². The van der Waals surface area contributed by atoms with Crippen molar-refractivity contribution in [1.29, 1.82) is 0 Å². The van der Waals surface area contributed by atoms with Gasteiger partial charge in [0.1, 0.15) is 11.6 Å². The summed E-state index contributed by atoms with van der Waals surface area (Å²) < 4.78 is 17.5. The molecule has 1 N–H and O–H groups in total. The molecule has 1 aliphatic rings. The van der Waals surface area contributed by atoms with Crippen LogP contribution >= 0.6 is 9.24 Å². The van der Waals surface area contributed by atoms with E-state index in [0.717, 1.165) is 31.8 Å². The zero-order valence-electron chi connectivity index (χ0n) is 18.7. The van der Waals surface area contributed by atoms with Gasteiger partial charge < -0.3 is 10.1 Å². The summed E-state index contributed by atoms with van der Waals surface area (Å²) in [5.74, 6) is 1.29. The van der Waals surface area contributed by atoms with E-state index in [-0.39, 0.29) is 5.83 Å². The van der Waals surface area contributed by atoms with Gasteiger partial charge >= 0.3 is 0 Å². The van der Waals surface area contributed by atoms with Gasteiger partial charge in [0, 0.05) is 24.4 Å². The smallest absolute Gasteiger partial charge is 0.207 e. The number of hydrogen-bond acceptors (Lipinski definition) is 3. The van der Waals surface area contributed by atoms with Gasteiger partial charge in [-0.1, -0.05) is 30.9 Å². The van der Waals surface area contributed by atoms with E-state index in [1.807, 2.05) is 6.07 Å². The molecule has 1 saturated heterocycles. The Morgan fingerprint density at radius 1 is 1.50 bits per heavy atom. The number of hydrogen-bond donors (Lipinski definition) is 1. The number of halogens is 1. The number of benzene rings is 1. The molecule has 3 atom stereocenters. The van der Waals surface area contributed by atoms with Crippen LogP contribution < -0.4 is 10.1 Å². The van der Waals surface area contributed by atoms with Crippen molar-refractivity contribution in [2.24, 2.45) is 5.92 Å². The third kappa shape index (κ3) is 8.81. The van der Waals surface area contributed by atoms with E-state index in [1.54, 1.807) is 25.3 Å². The van der Waals surface area contributed by atoms with Gasteiger partial charge in [0.2, 0.25) is 6.41 Å². The Labute approximate surface area is 183 Å². The molecular weight excluding hydrogens is 398 g/mol. The molecule has 6 heteroatoms. The van der Waals surface area contributed by atoms with Crippen LogP contribution in [0.15, 0.2) is 54.1 Å². The fraction of sp³-hybridized carbons (Fsp3) is 0.458. The molecule has 4 nitrogen and oxygen atoms in total. The molecule has 0 saturated carbocycles. The number of amides is 1. The average molecular weight is 435 g/mol. The van der Waals surface area contributed by atoms with E-state index in [4.69, 9.17) is 4.74 Å². The average Bonchev–Trinajstić information content (AvgIpc) is 2.75. The van der Waals surface area contributed by atoms with Crippen LogP contribution in [0.4, 0.5) is 4.39 Å². The third-order valence-corrected chi connectivity index (χ3v) is 5.91. The molecule has 166 valence electrons. The highest BCUT2D eigenvalue weighted by atomic mass is 31.0. The molecule has 1 aliphatic heterocycles. The molecule has 2 rings (SSSR count). The Morgan fingerprint density at radius 3 is 2.80 bits per heavy atom. The van der Waals surface area contributed by atoms with Crippen LogP contribution in [-0.2, 0) is 4.79 Å². The molecule has 0 aliphatic carbocycles. The number of carbonyl (C=O) groups excluding carboxylic acids is 1. The van der Waals surface area contributed by atoms with Crippen LogP contribution in [-0.4, -0.2) is 38.1 Å². The highest BCUT2D eigenvalue weighted by molar-refractivity contribution is 7.23. The first-order valence-corrected chi connectivity index (χ1v) is 10.9. The van der Waals surface area contributed by atoms with Crippen molar-refractivity contribution in [1.82, 2.24) is 10.2 Å². The summed E-state index contributed by atoms with van der Waals surface area (Å²) in [6, 6.07) is 6.71. The fourth-order valence-corrected chi connectivity index (χ4v) is 3.67. The van der Waals surface area contributed by atoms with Gasteiger partial charge in [-0.25, -0.2) is 4.39 Å². The first-order valence-electron chi connectivity index (χ1n) is 10.3. The number of ether oxygens (including phenoxy) is 1. The summed E-state index contributed by atoms with van der Waals surface area (Å²) in [7, 11) is 3.99. The van der Waals surface area contributed by atoms with Crippen molar-refractivity contribution in [3.8, 4) is 5.75 Å². The summed E-state index contributed by atoms with van der Waals surface area (Å²) in [5, 5.41) is 3.38. The topological polar surface area (TPSA) is 41.6 Å². The van der Waals surface area contributed by atoms with E-state index in [0.29, 0.717) is 17.3 Å². The SMILES string of the molecule is C=C/C=C\C(P)=C(/C)F.COc1ccc(C(C)N2CCCC(CNC=O)C2)c(C)c1. The minimum absolute atomic E-state index is 0.182. The summed E-state index contributed by atoms with van der Waals surface area (Å²) in [4.78, 5) is 13.0. The number of aryl methyl sites for hydroxylation is 1. The van der Waals surface area contributed by atoms with E-state index in [1.165, 1.54) is 30.9 Å². The predicted molar refractivity (Wildman–Crippen MR) is 127 cm³/mol. The lowest BCUT2D eigenvalue weighted by atomic mass is 9.94. The quantitative estimate of drug-likeness (QED) is 0.342.